The van der Waals surface area contributed by atoms with Crippen molar-refractivity contribution in [1.82, 2.24) is 10.1 Å². The molecule has 2 atom stereocenters. The smallest absolute Gasteiger partial charge is 0.307 e. The van der Waals surface area contributed by atoms with Crippen molar-refractivity contribution in [3.05, 3.63) is 30.2 Å². The van der Waals surface area contributed by atoms with Crippen LogP contribution in [0.4, 0.5) is 0 Å². The number of rotatable bonds is 5. The molecule has 2 rings (SSSR count). The van der Waals surface area contributed by atoms with E-state index >= 15 is 0 Å². The molecule has 0 aliphatic heterocycles. The van der Waals surface area contributed by atoms with Crippen molar-refractivity contribution in [1.29, 1.82) is 0 Å². The maximum absolute atomic E-state index is 11.0. The van der Waals surface area contributed by atoms with E-state index in [1.54, 1.807) is 27.0 Å². The second-order valence-corrected chi connectivity index (χ2v) is 4.60. The average Bonchev–Trinajstić information content (AvgIpc) is 2.95. The first-order valence-corrected chi connectivity index (χ1v) is 6.23. The summed E-state index contributed by atoms with van der Waals surface area (Å²) in [6.45, 7) is 3.37. The lowest BCUT2D eigenvalue weighted by atomic mass is 9.96. The predicted molar refractivity (Wildman–Crippen MR) is 71.5 cm³/mol. The molecule has 1 N–H and O–H groups in total. The summed E-state index contributed by atoms with van der Waals surface area (Å²) < 4.78 is 10.3. The molecule has 0 aliphatic carbocycles. The van der Waals surface area contributed by atoms with E-state index < -0.39 is 11.9 Å². The molecule has 6 nitrogen and oxygen atoms in total. The second-order valence-electron chi connectivity index (χ2n) is 4.60. The van der Waals surface area contributed by atoms with E-state index in [1.807, 2.05) is 18.2 Å². The molecule has 106 valence electrons. The van der Waals surface area contributed by atoms with Crippen LogP contribution in [0.3, 0.4) is 0 Å². The van der Waals surface area contributed by atoms with E-state index in [0.29, 0.717) is 17.5 Å². The summed E-state index contributed by atoms with van der Waals surface area (Å²) in [5.41, 5.74) is 0.759. The zero-order chi connectivity index (χ0) is 14.7. The highest BCUT2D eigenvalue weighted by Crippen LogP contribution is 2.26. The van der Waals surface area contributed by atoms with Gasteiger partial charge in [-0.3, -0.25) is 4.79 Å². The van der Waals surface area contributed by atoms with E-state index in [0.717, 1.165) is 5.56 Å². The highest BCUT2D eigenvalue weighted by molar-refractivity contribution is 5.70. The number of nitrogens with zero attached hydrogens (tertiary/aromatic N) is 2. The number of aliphatic carboxylic acids is 1. The van der Waals surface area contributed by atoms with Gasteiger partial charge in [0.05, 0.1) is 13.0 Å². The number of hydrogen-bond acceptors (Lipinski definition) is 5. The minimum absolute atomic E-state index is 0.317. The molecule has 0 saturated heterocycles. The molecule has 1 aromatic heterocycles. The highest BCUT2D eigenvalue weighted by atomic mass is 16.5. The SMILES string of the molecule is COc1cccc(-c2noc(C(C)C(C)C(=O)O)n2)c1. The van der Waals surface area contributed by atoms with E-state index in [4.69, 9.17) is 14.4 Å². The fourth-order valence-corrected chi connectivity index (χ4v) is 1.73. The van der Waals surface area contributed by atoms with Gasteiger partial charge in [-0.15, -0.1) is 0 Å². The standard InChI is InChI=1S/C14H16N2O4/c1-8(9(2)14(17)18)13-15-12(16-20-13)10-5-4-6-11(7-10)19-3/h4-9H,1-3H3,(H,17,18). The summed E-state index contributed by atoms with van der Waals surface area (Å²) in [6.07, 6.45) is 0. The zero-order valence-corrected chi connectivity index (χ0v) is 11.5. The molecule has 0 amide bonds. The largest absolute Gasteiger partial charge is 0.497 e. The van der Waals surface area contributed by atoms with Gasteiger partial charge < -0.3 is 14.4 Å². The topological polar surface area (TPSA) is 85.5 Å². The Morgan fingerprint density at radius 1 is 1.40 bits per heavy atom. The van der Waals surface area contributed by atoms with Crippen molar-refractivity contribution in [3.63, 3.8) is 0 Å². The number of aromatic nitrogens is 2. The van der Waals surface area contributed by atoms with Gasteiger partial charge in [0.1, 0.15) is 5.75 Å². The lowest BCUT2D eigenvalue weighted by molar-refractivity contribution is -0.141. The molecule has 0 saturated carbocycles. The van der Waals surface area contributed by atoms with Crippen LogP contribution in [0.15, 0.2) is 28.8 Å². The van der Waals surface area contributed by atoms with Crippen molar-refractivity contribution in [2.24, 2.45) is 5.92 Å². The molecule has 0 radical (unpaired) electrons. The molecule has 20 heavy (non-hydrogen) atoms. The third-order valence-electron chi connectivity index (χ3n) is 3.30. The Morgan fingerprint density at radius 2 is 2.15 bits per heavy atom. The van der Waals surface area contributed by atoms with Crippen molar-refractivity contribution >= 4 is 5.97 Å². The first kappa shape index (κ1) is 14.0. The van der Waals surface area contributed by atoms with Gasteiger partial charge in [-0.25, -0.2) is 0 Å². The number of benzene rings is 1. The molecule has 1 aromatic carbocycles. The molecule has 6 heteroatoms. The number of methoxy groups -OCH3 is 1. The maximum Gasteiger partial charge on any atom is 0.307 e. The lowest BCUT2D eigenvalue weighted by Crippen LogP contribution is -2.16. The molecular formula is C14H16N2O4. The van der Waals surface area contributed by atoms with Crippen LogP contribution in [0, 0.1) is 5.92 Å². The molecule has 0 bridgehead atoms. The van der Waals surface area contributed by atoms with Gasteiger partial charge in [0.25, 0.3) is 0 Å². The number of carbonyl (C=O) groups is 1. The normalized spacial score (nSPS) is 13.8. The van der Waals surface area contributed by atoms with Gasteiger partial charge in [-0.05, 0) is 12.1 Å². The van der Waals surface area contributed by atoms with Gasteiger partial charge >= 0.3 is 5.97 Å². The number of carboxylic acid groups (broad SMARTS) is 1. The van der Waals surface area contributed by atoms with Crippen LogP contribution in [0.1, 0.15) is 25.7 Å². The molecule has 2 aromatic rings. The fourth-order valence-electron chi connectivity index (χ4n) is 1.73. The van der Waals surface area contributed by atoms with Gasteiger partial charge in [0.15, 0.2) is 0 Å². The number of ether oxygens (including phenoxy) is 1. The minimum Gasteiger partial charge on any atom is -0.497 e. The van der Waals surface area contributed by atoms with Gasteiger partial charge in [-0.1, -0.05) is 31.1 Å². The van der Waals surface area contributed by atoms with Crippen LogP contribution in [-0.4, -0.2) is 28.3 Å². The van der Waals surface area contributed by atoms with Crippen LogP contribution in [0.25, 0.3) is 11.4 Å². The molecule has 1 heterocycles. The summed E-state index contributed by atoms with van der Waals surface area (Å²) >= 11 is 0. The summed E-state index contributed by atoms with van der Waals surface area (Å²) in [5, 5.41) is 12.9. The van der Waals surface area contributed by atoms with Crippen molar-refractivity contribution in [2.75, 3.05) is 7.11 Å². The van der Waals surface area contributed by atoms with Gasteiger partial charge in [0, 0.05) is 11.5 Å². The fraction of sp³-hybridized carbons (Fsp3) is 0.357. The molecule has 0 spiro atoms. The number of carboxylic acids is 1. The molecular weight excluding hydrogens is 260 g/mol. The van der Waals surface area contributed by atoms with Crippen molar-refractivity contribution in [2.45, 2.75) is 19.8 Å². The molecule has 0 aliphatic rings. The van der Waals surface area contributed by atoms with Crippen LogP contribution in [0.5, 0.6) is 5.75 Å². The zero-order valence-electron chi connectivity index (χ0n) is 11.5. The first-order valence-electron chi connectivity index (χ1n) is 6.23. The van der Waals surface area contributed by atoms with Gasteiger partial charge in [0.2, 0.25) is 11.7 Å². The number of hydrogen-bond donors (Lipinski definition) is 1. The van der Waals surface area contributed by atoms with E-state index in [1.165, 1.54) is 0 Å². The highest BCUT2D eigenvalue weighted by Gasteiger charge is 2.26. The third-order valence-corrected chi connectivity index (χ3v) is 3.30. The Hall–Kier alpha value is -2.37. The summed E-state index contributed by atoms with van der Waals surface area (Å²) in [4.78, 5) is 15.2. The quantitative estimate of drug-likeness (QED) is 0.903. The Morgan fingerprint density at radius 3 is 2.80 bits per heavy atom. The van der Waals surface area contributed by atoms with E-state index in [2.05, 4.69) is 10.1 Å². The Balaban J connectivity index is 2.26. The summed E-state index contributed by atoms with van der Waals surface area (Å²) in [5.74, 6) is -0.395. The summed E-state index contributed by atoms with van der Waals surface area (Å²) in [7, 11) is 1.58. The first-order chi connectivity index (χ1) is 9.52. The Kier molecular flexibility index (Phi) is 4.02. The van der Waals surface area contributed by atoms with E-state index in [9.17, 15) is 4.79 Å². The van der Waals surface area contributed by atoms with E-state index in [-0.39, 0.29) is 5.92 Å². The Bertz CT molecular complexity index is 609. The lowest BCUT2D eigenvalue weighted by Gasteiger charge is -2.10. The maximum atomic E-state index is 11.0. The van der Waals surface area contributed by atoms with Gasteiger partial charge in [-0.2, -0.15) is 4.98 Å². The van der Waals surface area contributed by atoms with Crippen molar-refractivity contribution in [3.8, 4) is 17.1 Å². The average molecular weight is 276 g/mol. The molecule has 2 unspecified atom stereocenters. The van der Waals surface area contributed by atoms with Crippen LogP contribution in [-0.2, 0) is 4.79 Å². The van der Waals surface area contributed by atoms with Crippen LogP contribution >= 0.6 is 0 Å². The van der Waals surface area contributed by atoms with Crippen LogP contribution in [0.2, 0.25) is 0 Å². The monoisotopic (exact) mass is 276 g/mol. The molecule has 0 fully saturated rings. The van der Waals surface area contributed by atoms with Crippen LogP contribution < -0.4 is 4.74 Å². The Labute approximate surface area is 116 Å². The second kappa shape index (κ2) is 5.73. The minimum atomic E-state index is -0.890. The predicted octanol–water partition coefficient (Wildman–Crippen LogP) is 2.57. The third kappa shape index (κ3) is 2.79. The van der Waals surface area contributed by atoms with Crippen molar-refractivity contribution < 1.29 is 19.2 Å². The summed E-state index contributed by atoms with van der Waals surface area (Å²) in [6, 6.07) is 7.27.